The van der Waals surface area contributed by atoms with E-state index in [0.717, 1.165) is 24.3 Å². The summed E-state index contributed by atoms with van der Waals surface area (Å²) in [6.45, 7) is 6.42. The van der Waals surface area contributed by atoms with Crippen molar-refractivity contribution in [2.24, 2.45) is 0 Å². The molecule has 0 amide bonds. The topological polar surface area (TPSA) is 204 Å². The highest BCUT2D eigenvalue weighted by Crippen LogP contribution is 2.29. The number of benzene rings is 2. The maximum absolute atomic E-state index is 13.9. The van der Waals surface area contributed by atoms with Crippen molar-refractivity contribution in [1.29, 1.82) is 0 Å². The monoisotopic (exact) mass is 808 g/mol. The molecule has 4 aromatic rings. The van der Waals surface area contributed by atoms with E-state index in [1.165, 1.54) is 26.6 Å². The first-order valence-corrected chi connectivity index (χ1v) is 18.6. The van der Waals surface area contributed by atoms with Gasteiger partial charge in [-0.3, -0.25) is 24.2 Å². The van der Waals surface area contributed by atoms with E-state index < -0.39 is 34.8 Å². The average Bonchev–Trinajstić information content (AvgIpc) is 3.22. The van der Waals surface area contributed by atoms with Gasteiger partial charge in [0.1, 0.15) is 23.1 Å². The van der Waals surface area contributed by atoms with Crippen LogP contribution in [0.4, 0.5) is 41.1 Å². The molecule has 2 unspecified atom stereocenters. The molecule has 4 heterocycles. The van der Waals surface area contributed by atoms with Gasteiger partial charge in [-0.05, 0) is 51.7 Å². The Labute approximate surface area is 331 Å². The van der Waals surface area contributed by atoms with E-state index in [2.05, 4.69) is 40.4 Å². The second-order valence-corrected chi connectivity index (χ2v) is 14.2. The summed E-state index contributed by atoms with van der Waals surface area (Å²) < 4.78 is 65.2. The van der Waals surface area contributed by atoms with Crippen molar-refractivity contribution in [3.63, 3.8) is 0 Å². The van der Waals surface area contributed by atoms with Crippen LogP contribution in [0, 0.1) is 23.3 Å². The number of nitrogens with two attached hydrogens (primary N) is 2. The number of Topliss-reactive ketones (excluding diaryl/α,β-unsaturated/α-hetero) is 1. The molecule has 0 saturated carbocycles. The van der Waals surface area contributed by atoms with Gasteiger partial charge >= 0.3 is 0 Å². The number of aromatic nitrogens is 4. The molecule has 15 nitrogen and oxygen atoms in total. The number of nitrogens with zero attached hydrogens (tertiary/aromatic N) is 6. The molecule has 6 rings (SSSR count). The lowest BCUT2D eigenvalue weighted by Crippen LogP contribution is -2.54. The number of rotatable bonds is 14. The van der Waals surface area contributed by atoms with Gasteiger partial charge in [-0.2, -0.15) is 9.97 Å². The van der Waals surface area contributed by atoms with Gasteiger partial charge in [0.2, 0.25) is 23.5 Å². The average molecular weight is 809 g/mol. The Hall–Kier alpha value is -5.95. The Bertz CT molecular complexity index is 2050. The summed E-state index contributed by atoms with van der Waals surface area (Å²) in [5.74, 6) is -6.18. The summed E-state index contributed by atoms with van der Waals surface area (Å²) in [5, 5.41) is 6.49. The quantitative estimate of drug-likeness (QED) is 0.104. The lowest BCUT2D eigenvalue weighted by atomic mass is 9.97. The van der Waals surface area contributed by atoms with E-state index >= 15 is 0 Å². The Kier molecular flexibility index (Phi) is 12.7. The molecule has 2 aromatic carbocycles. The van der Waals surface area contributed by atoms with E-state index in [1.807, 2.05) is 13.8 Å². The first kappa shape index (κ1) is 41.7. The molecule has 0 radical (unpaired) electrons. The number of methoxy groups -OCH3 is 2. The molecule has 308 valence electrons. The molecule has 58 heavy (non-hydrogen) atoms. The summed E-state index contributed by atoms with van der Waals surface area (Å²) >= 11 is 0. The van der Waals surface area contributed by atoms with Crippen LogP contribution < -0.4 is 31.6 Å². The van der Waals surface area contributed by atoms with Crippen molar-refractivity contribution in [3.8, 4) is 11.5 Å². The van der Waals surface area contributed by atoms with E-state index in [9.17, 15) is 31.9 Å². The Morgan fingerprint density at radius 2 is 0.983 bits per heavy atom. The van der Waals surface area contributed by atoms with Gasteiger partial charge in [-0.15, -0.1) is 0 Å². The lowest BCUT2D eigenvalue weighted by molar-refractivity contribution is -0.129. The summed E-state index contributed by atoms with van der Waals surface area (Å²) in [4.78, 5) is 61.0. The van der Waals surface area contributed by atoms with Gasteiger partial charge < -0.3 is 31.6 Å². The number of hydrogen-bond acceptors (Lipinski definition) is 15. The highest BCUT2D eigenvalue weighted by molar-refractivity contribution is 6.13. The smallest absolute Gasteiger partial charge is 0.224 e. The molecule has 2 aliphatic rings. The molecule has 0 bridgehead atoms. The highest BCUT2D eigenvalue weighted by atomic mass is 19.2. The number of ketones is 3. The number of carbonyl (C=O) groups excluding carboxylic acids is 3. The SMILES string of the molecule is COc1cc(F)c(F)cc1C(=O)c1cnc(NC2CCN(C(C)C(=O)C(C)N3CCC(Nc4ncc(C(=O)c5cc(F)c(F)cc5OC)c(N)n4)CC3)CC2)nc1N. The number of hydrogen-bond donors (Lipinski definition) is 4. The first-order chi connectivity index (χ1) is 27.7. The van der Waals surface area contributed by atoms with Crippen LogP contribution in [0.15, 0.2) is 36.7 Å². The molecule has 2 saturated heterocycles. The molecule has 2 atom stereocenters. The molecular formula is C39H44F4N10O5. The second kappa shape index (κ2) is 17.7. The fourth-order valence-electron chi connectivity index (χ4n) is 7.26. The molecule has 19 heteroatoms. The summed E-state index contributed by atoms with van der Waals surface area (Å²) in [6.07, 6.45) is 5.24. The standard InChI is InChI=1S/C39H44F4N10O5/c1-19(52-9-5-21(6-10-52)48-38-46-17-25(36(44)50-38)34(55)23-13-27(40)29(42)15-31(23)57-3)33(54)20(2)53-11-7-22(8-12-53)49-39-47-18-26(37(45)51-39)35(56)24-14-28(41)30(43)16-32(24)58-4/h13-22H,5-12H2,1-4H3,(H3,44,46,48,50)(H3,45,47,49,51). The molecule has 0 spiro atoms. The Morgan fingerprint density at radius 1 is 0.638 bits per heavy atom. The van der Waals surface area contributed by atoms with Crippen LogP contribution in [0.1, 0.15) is 71.4 Å². The van der Waals surface area contributed by atoms with Crippen molar-refractivity contribution in [2.75, 3.05) is 62.5 Å². The van der Waals surface area contributed by atoms with Crippen LogP contribution in [0.25, 0.3) is 0 Å². The van der Waals surface area contributed by atoms with Crippen LogP contribution >= 0.6 is 0 Å². The summed E-state index contributed by atoms with van der Waals surface area (Å²) in [7, 11) is 2.47. The Morgan fingerprint density at radius 3 is 1.31 bits per heavy atom. The largest absolute Gasteiger partial charge is 0.496 e. The number of halogens is 4. The molecule has 2 aliphatic heterocycles. The molecule has 2 aromatic heterocycles. The third-order valence-corrected chi connectivity index (χ3v) is 10.7. The van der Waals surface area contributed by atoms with Gasteiger partial charge in [-0.1, -0.05) is 0 Å². The maximum atomic E-state index is 13.9. The van der Waals surface area contributed by atoms with Gasteiger partial charge in [0.15, 0.2) is 29.1 Å². The molecule has 2 fully saturated rings. The zero-order valence-corrected chi connectivity index (χ0v) is 32.3. The maximum Gasteiger partial charge on any atom is 0.224 e. The number of anilines is 4. The minimum Gasteiger partial charge on any atom is -0.496 e. The zero-order valence-electron chi connectivity index (χ0n) is 32.3. The van der Waals surface area contributed by atoms with E-state index in [-0.39, 0.29) is 87.2 Å². The van der Waals surface area contributed by atoms with E-state index in [4.69, 9.17) is 20.9 Å². The minimum absolute atomic E-state index is 0.0198. The third kappa shape index (κ3) is 8.94. The lowest BCUT2D eigenvalue weighted by Gasteiger charge is -2.40. The molecule has 6 N–H and O–H groups in total. The number of nitrogens with one attached hydrogen (secondary N) is 2. The fraction of sp³-hybridized carbons (Fsp3) is 0.410. The highest BCUT2D eigenvalue weighted by Gasteiger charge is 2.34. The Balaban J connectivity index is 0.963. The summed E-state index contributed by atoms with van der Waals surface area (Å²) in [5.41, 5.74) is 11.6. The van der Waals surface area contributed by atoms with Crippen LogP contribution in [0.2, 0.25) is 0 Å². The normalized spacial score (nSPS) is 16.7. The van der Waals surface area contributed by atoms with Crippen molar-refractivity contribution >= 4 is 40.9 Å². The molecule has 0 aliphatic carbocycles. The van der Waals surface area contributed by atoms with Gasteiger partial charge in [0, 0.05) is 62.8 Å². The van der Waals surface area contributed by atoms with Crippen molar-refractivity contribution in [1.82, 2.24) is 29.7 Å². The number of likely N-dealkylation sites (tertiary alicyclic amines) is 2. The van der Waals surface area contributed by atoms with Crippen LogP contribution in [-0.2, 0) is 4.79 Å². The van der Waals surface area contributed by atoms with E-state index in [0.29, 0.717) is 51.9 Å². The van der Waals surface area contributed by atoms with Gasteiger partial charge in [-0.25, -0.2) is 27.5 Å². The number of ether oxygens (including phenoxy) is 2. The predicted molar refractivity (Wildman–Crippen MR) is 206 cm³/mol. The van der Waals surface area contributed by atoms with Crippen molar-refractivity contribution < 1.29 is 41.4 Å². The number of carbonyl (C=O) groups is 3. The van der Waals surface area contributed by atoms with Gasteiger partial charge in [0.25, 0.3) is 0 Å². The molecular weight excluding hydrogens is 764 g/mol. The zero-order chi connectivity index (χ0) is 41.8. The van der Waals surface area contributed by atoms with Crippen LogP contribution in [0.3, 0.4) is 0 Å². The van der Waals surface area contributed by atoms with Gasteiger partial charge in [0.05, 0.1) is 48.6 Å². The van der Waals surface area contributed by atoms with E-state index in [1.54, 1.807) is 0 Å². The fourth-order valence-corrected chi connectivity index (χ4v) is 7.26. The second-order valence-electron chi connectivity index (χ2n) is 14.2. The summed E-state index contributed by atoms with van der Waals surface area (Å²) in [6, 6.07) is 2.38. The van der Waals surface area contributed by atoms with Crippen LogP contribution in [-0.4, -0.2) is 112 Å². The first-order valence-electron chi connectivity index (χ1n) is 18.6. The van der Waals surface area contributed by atoms with Crippen molar-refractivity contribution in [2.45, 2.75) is 63.7 Å². The predicted octanol–water partition coefficient (Wildman–Crippen LogP) is 4.27. The number of nitrogen functional groups attached to an aromatic ring is 2. The minimum atomic E-state index is -1.21. The third-order valence-electron chi connectivity index (χ3n) is 10.7. The van der Waals surface area contributed by atoms with Crippen molar-refractivity contribution in [3.05, 3.63) is 82.2 Å². The van der Waals surface area contributed by atoms with Crippen LogP contribution in [0.5, 0.6) is 11.5 Å². The number of piperidine rings is 2.